The van der Waals surface area contributed by atoms with Crippen molar-refractivity contribution in [1.82, 2.24) is 0 Å². The van der Waals surface area contributed by atoms with E-state index in [1.165, 1.54) is 0 Å². The van der Waals surface area contributed by atoms with E-state index >= 15 is 0 Å². The van der Waals surface area contributed by atoms with Gasteiger partial charge in [-0.15, -0.1) is 0 Å². The number of allylic oxidation sites excluding steroid dienone is 2. The Morgan fingerprint density at radius 2 is 1.85 bits per heavy atom. The Labute approximate surface area is 168 Å². The van der Waals surface area contributed by atoms with Gasteiger partial charge in [0, 0.05) is 34.5 Å². The summed E-state index contributed by atoms with van der Waals surface area (Å²) >= 11 is 3.52. The topological polar surface area (TPSA) is 37.4 Å². The summed E-state index contributed by atoms with van der Waals surface area (Å²) in [5.74, 6) is 0.102. The van der Waals surface area contributed by atoms with E-state index in [1.807, 2.05) is 49.1 Å². The first-order valence-corrected chi connectivity index (χ1v) is 10.2. The highest BCUT2D eigenvalue weighted by atomic mass is 79.9. The molecule has 0 bridgehead atoms. The molecule has 0 fully saturated rings. The van der Waals surface area contributed by atoms with Gasteiger partial charge in [0.05, 0.1) is 5.69 Å². The van der Waals surface area contributed by atoms with Crippen LogP contribution in [0, 0.1) is 13.8 Å². The molecule has 4 heteroatoms. The number of ketones is 1. The summed E-state index contributed by atoms with van der Waals surface area (Å²) < 4.78 is 0.967. The van der Waals surface area contributed by atoms with Crippen LogP contribution < -0.4 is 4.90 Å². The third-order valence-corrected chi connectivity index (χ3v) is 6.03. The minimum atomic E-state index is -0.154. The maximum Gasteiger partial charge on any atom is 0.232 e. The van der Waals surface area contributed by atoms with Gasteiger partial charge in [-0.25, -0.2) is 0 Å². The third kappa shape index (κ3) is 3.27. The van der Waals surface area contributed by atoms with Crippen LogP contribution in [0.4, 0.5) is 5.69 Å². The Bertz CT molecular complexity index is 976. The Kier molecular flexibility index (Phi) is 4.77. The molecule has 138 valence electrons. The lowest BCUT2D eigenvalue weighted by Crippen LogP contribution is -2.40. The number of hydrogen-bond donors (Lipinski definition) is 0. The van der Waals surface area contributed by atoms with Crippen molar-refractivity contribution in [3.05, 3.63) is 74.9 Å². The van der Waals surface area contributed by atoms with Crippen LogP contribution in [-0.2, 0) is 9.59 Å². The molecule has 3 nitrogen and oxygen atoms in total. The molecule has 1 aliphatic carbocycles. The molecule has 0 radical (unpaired) electrons. The van der Waals surface area contributed by atoms with E-state index in [0.29, 0.717) is 12.8 Å². The molecule has 0 aromatic heterocycles. The zero-order valence-electron chi connectivity index (χ0n) is 15.6. The van der Waals surface area contributed by atoms with Gasteiger partial charge < -0.3 is 0 Å². The van der Waals surface area contributed by atoms with Gasteiger partial charge in [0.25, 0.3) is 0 Å². The fraction of sp³-hybridized carbons (Fsp3) is 0.304. The standard InChI is InChI=1S/C23H22BrNO2/c1-14-9-10-15(2)20(11-14)25-19-7-4-8-21(26)23(19)18(13-22(25)27)16-5-3-6-17(24)12-16/h3,5-6,9-12,18H,4,7-8,13H2,1-2H3. The molecule has 1 amide bonds. The van der Waals surface area contributed by atoms with E-state index < -0.39 is 0 Å². The average molecular weight is 424 g/mol. The van der Waals surface area contributed by atoms with Crippen LogP contribution in [0.1, 0.15) is 48.3 Å². The van der Waals surface area contributed by atoms with Crippen molar-refractivity contribution in [3.63, 3.8) is 0 Å². The number of amides is 1. The van der Waals surface area contributed by atoms with Crippen molar-refractivity contribution in [2.75, 3.05) is 4.90 Å². The minimum Gasteiger partial charge on any atom is -0.294 e. The molecule has 27 heavy (non-hydrogen) atoms. The summed E-state index contributed by atoms with van der Waals surface area (Å²) in [5, 5.41) is 0. The van der Waals surface area contributed by atoms with Gasteiger partial charge in [-0.1, -0.05) is 40.2 Å². The van der Waals surface area contributed by atoms with Crippen LogP contribution in [0.5, 0.6) is 0 Å². The molecule has 2 aliphatic rings. The lowest BCUT2D eigenvalue weighted by molar-refractivity contribution is -0.119. The summed E-state index contributed by atoms with van der Waals surface area (Å²) in [6, 6.07) is 14.1. The fourth-order valence-electron chi connectivity index (χ4n) is 4.24. The molecular weight excluding hydrogens is 402 g/mol. The van der Waals surface area contributed by atoms with Gasteiger partial charge in [-0.2, -0.15) is 0 Å². The first-order chi connectivity index (χ1) is 13.0. The SMILES string of the molecule is Cc1ccc(C)c(N2C(=O)CC(c3cccc(Br)c3)C3=C2CCCC3=O)c1. The number of Topliss-reactive ketones (excluding diaryl/α,β-unsaturated/α-hetero) is 1. The number of halogens is 1. The first-order valence-electron chi connectivity index (χ1n) is 9.37. The number of benzene rings is 2. The summed E-state index contributed by atoms with van der Waals surface area (Å²) in [4.78, 5) is 28.0. The van der Waals surface area contributed by atoms with Crippen molar-refractivity contribution in [3.8, 4) is 0 Å². The van der Waals surface area contributed by atoms with Crippen LogP contribution in [0.3, 0.4) is 0 Å². The number of rotatable bonds is 2. The lowest BCUT2D eigenvalue weighted by Gasteiger charge is -2.39. The van der Waals surface area contributed by atoms with E-state index in [1.54, 1.807) is 0 Å². The molecule has 2 aromatic carbocycles. The number of hydrogen-bond acceptors (Lipinski definition) is 2. The smallest absolute Gasteiger partial charge is 0.232 e. The highest BCUT2D eigenvalue weighted by Gasteiger charge is 2.40. The second-order valence-corrected chi connectivity index (χ2v) is 8.38. The normalized spacial score (nSPS) is 20.1. The second kappa shape index (κ2) is 7.08. The van der Waals surface area contributed by atoms with Crippen molar-refractivity contribution >= 4 is 33.3 Å². The Hall–Kier alpha value is -2.20. The summed E-state index contributed by atoms with van der Waals surface area (Å²) in [5.41, 5.74) is 5.85. The molecule has 2 aromatic rings. The zero-order chi connectivity index (χ0) is 19.1. The third-order valence-electron chi connectivity index (χ3n) is 5.53. The molecule has 1 heterocycles. The number of carbonyl (C=O) groups is 2. The Balaban J connectivity index is 1.90. The summed E-state index contributed by atoms with van der Waals surface area (Å²) in [6.07, 6.45) is 2.47. The van der Waals surface area contributed by atoms with Gasteiger partial charge in [0.1, 0.15) is 0 Å². The molecule has 1 aliphatic heterocycles. The van der Waals surface area contributed by atoms with Crippen LogP contribution in [0.2, 0.25) is 0 Å². The molecule has 4 rings (SSSR count). The molecule has 0 saturated heterocycles. The van der Waals surface area contributed by atoms with Crippen LogP contribution in [-0.4, -0.2) is 11.7 Å². The van der Waals surface area contributed by atoms with Crippen molar-refractivity contribution in [1.29, 1.82) is 0 Å². The van der Waals surface area contributed by atoms with Crippen molar-refractivity contribution in [2.45, 2.75) is 45.4 Å². The maximum atomic E-state index is 13.3. The second-order valence-electron chi connectivity index (χ2n) is 7.47. The van der Waals surface area contributed by atoms with E-state index in [0.717, 1.165) is 51.0 Å². The molecular formula is C23H22BrNO2. The number of anilines is 1. The minimum absolute atomic E-state index is 0.0714. The van der Waals surface area contributed by atoms with E-state index in [-0.39, 0.29) is 17.6 Å². The summed E-state index contributed by atoms with van der Waals surface area (Å²) in [7, 11) is 0. The van der Waals surface area contributed by atoms with E-state index in [4.69, 9.17) is 0 Å². The number of aryl methyl sites for hydroxylation is 2. The predicted molar refractivity (Wildman–Crippen MR) is 111 cm³/mol. The largest absolute Gasteiger partial charge is 0.294 e. The quantitative estimate of drug-likeness (QED) is 0.630. The lowest BCUT2D eigenvalue weighted by atomic mass is 9.77. The highest BCUT2D eigenvalue weighted by Crippen LogP contribution is 2.44. The molecule has 0 saturated carbocycles. The highest BCUT2D eigenvalue weighted by molar-refractivity contribution is 9.10. The van der Waals surface area contributed by atoms with Gasteiger partial charge >= 0.3 is 0 Å². The van der Waals surface area contributed by atoms with Crippen LogP contribution in [0.15, 0.2) is 58.2 Å². The van der Waals surface area contributed by atoms with Crippen molar-refractivity contribution < 1.29 is 9.59 Å². The van der Waals surface area contributed by atoms with Crippen molar-refractivity contribution in [2.24, 2.45) is 0 Å². The number of carbonyl (C=O) groups excluding carboxylic acids is 2. The van der Waals surface area contributed by atoms with Gasteiger partial charge in [-0.3, -0.25) is 14.5 Å². The van der Waals surface area contributed by atoms with Crippen LogP contribution in [0.25, 0.3) is 0 Å². The van der Waals surface area contributed by atoms with E-state index in [9.17, 15) is 9.59 Å². The molecule has 1 atom stereocenters. The first kappa shape index (κ1) is 18.2. The van der Waals surface area contributed by atoms with Crippen LogP contribution >= 0.6 is 15.9 Å². The Morgan fingerprint density at radius 3 is 2.63 bits per heavy atom. The maximum absolute atomic E-state index is 13.3. The Morgan fingerprint density at radius 1 is 1.04 bits per heavy atom. The zero-order valence-corrected chi connectivity index (χ0v) is 17.2. The number of nitrogens with zero attached hydrogens (tertiary/aromatic N) is 1. The fourth-order valence-corrected chi connectivity index (χ4v) is 4.66. The van der Waals surface area contributed by atoms with Gasteiger partial charge in [-0.05, 0) is 61.6 Å². The van der Waals surface area contributed by atoms with Gasteiger partial charge in [0.2, 0.25) is 5.91 Å². The molecule has 0 N–H and O–H groups in total. The molecule has 1 unspecified atom stereocenters. The molecule has 0 spiro atoms. The van der Waals surface area contributed by atoms with E-state index in [2.05, 4.69) is 28.1 Å². The average Bonchev–Trinajstić information content (AvgIpc) is 2.63. The monoisotopic (exact) mass is 423 g/mol. The van der Waals surface area contributed by atoms with Gasteiger partial charge in [0.15, 0.2) is 5.78 Å². The predicted octanol–water partition coefficient (Wildman–Crippen LogP) is 5.59. The summed E-state index contributed by atoms with van der Waals surface area (Å²) in [6.45, 7) is 4.05.